The van der Waals surface area contributed by atoms with Gasteiger partial charge in [0.1, 0.15) is 11.3 Å². The van der Waals surface area contributed by atoms with E-state index in [1.807, 2.05) is 0 Å². The van der Waals surface area contributed by atoms with Crippen LogP contribution in [-0.4, -0.2) is 35.9 Å². The summed E-state index contributed by atoms with van der Waals surface area (Å²) in [6.45, 7) is 1.53. The maximum Gasteiger partial charge on any atom is 0.434 e. The molecule has 0 aliphatic heterocycles. The van der Waals surface area contributed by atoms with E-state index in [1.54, 1.807) is 31.2 Å². The van der Waals surface area contributed by atoms with Crippen LogP contribution in [0.1, 0.15) is 37.5 Å². The summed E-state index contributed by atoms with van der Waals surface area (Å²) in [5, 5.41) is 6.26. The number of rotatable bonds is 6. The Bertz CT molecular complexity index is 1160. The van der Waals surface area contributed by atoms with Crippen LogP contribution in [0, 0.1) is 6.92 Å². The average molecular weight is 447 g/mol. The summed E-state index contributed by atoms with van der Waals surface area (Å²) in [5.41, 5.74) is -0.389. The number of carbonyl (C=O) groups is 2. The number of carbonyl (C=O) groups excluding carboxylic acids is 2. The monoisotopic (exact) mass is 447 g/mol. The second kappa shape index (κ2) is 9.13. The first kappa shape index (κ1) is 22.9. The zero-order valence-electron chi connectivity index (χ0n) is 17.5. The predicted octanol–water partition coefficient (Wildman–Crippen LogP) is 3.92. The van der Waals surface area contributed by atoms with Gasteiger partial charge < -0.3 is 14.8 Å². The third-order valence-corrected chi connectivity index (χ3v) is 4.75. The van der Waals surface area contributed by atoms with E-state index in [2.05, 4.69) is 10.4 Å². The van der Waals surface area contributed by atoms with E-state index in [0.29, 0.717) is 15.8 Å². The van der Waals surface area contributed by atoms with Crippen molar-refractivity contribution in [1.82, 2.24) is 15.1 Å². The third-order valence-electron chi connectivity index (χ3n) is 4.75. The predicted molar refractivity (Wildman–Crippen MR) is 109 cm³/mol. The van der Waals surface area contributed by atoms with Gasteiger partial charge in [0.25, 0.3) is 5.91 Å². The molecular formula is C22H20F3N3O4. The molecule has 10 heteroatoms. The lowest BCUT2D eigenvalue weighted by Crippen LogP contribution is -2.26. The molecule has 1 heterocycles. The molecule has 0 aliphatic rings. The molecule has 0 bridgehead atoms. The molecule has 7 nitrogen and oxygen atoms in total. The zero-order valence-corrected chi connectivity index (χ0v) is 17.5. The standard InChI is InChI=1S/C22H20F3N3O4/c1-13-6-4-5-7-17(13)28-19(22(23,24)25)16(12-27-28)20(29)26-11-14-8-9-18(31-2)15(10-14)21(30)32-3/h4-10,12H,11H2,1-3H3,(H,26,29). The van der Waals surface area contributed by atoms with Crippen molar-refractivity contribution in [3.63, 3.8) is 0 Å². The van der Waals surface area contributed by atoms with E-state index in [1.165, 1.54) is 32.4 Å². The fourth-order valence-corrected chi connectivity index (χ4v) is 3.18. The molecule has 3 aromatic rings. The molecule has 1 amide bonds. The molecule has 0 radical (unpaired) electrons. The number of hydrogen-bond donors (Lipinski definition) is 1. The smallest absolute Gasteiger partial charge is 0.434 e. The van der Waals surface area contributed by atoms with E-state index in [9.17, 15) is 22.8 Å². The fraction of sp³-hybridized carbons (Fsp3) is 0.227. The second-order valence-electron chi connectivity index (χ2n) is 6.81. The van der Waals surface area contributed by atoms with Gasteiger partial charge >= 0.3 is 12.1 Å². The molecule has 0 aliphatic carbocycles. The van der Waals surface area contributed by atoms with Crippen molar-refractivity contribution in [3.05, 3.63) is 76.6 Å². The number of hydrogen-bond acceptors (Lipinski definition) is 5. The van der Waals surface area contributed by atoms with Gasteiger partial charge in [-0.1, -0.05) is 24.3 Å². The highest BCUT2D eigenvalue weighted by Crippen LogP contribution is 2.34. The minimum Gasteiger partial charge on any atom is -0.496 e. The summed E-state index contributed by atoms with van der Waals surface area (Å²) in [6.07, 6.45) is -3.93. The van der Waals surface area contributed by atoms with Crippen molar-refractivity contribution in [2.75, 3.05) is 14.2 Å². The SMILES string of the molecule is COC(=O)c1cc(CNC(=O)c2cnn(-c3ccccc3C)c2C(F)(F)F)ccc1OC. The maximum atomic E-state index is 13.8. The molecule has 168 valence electrons. The molecule has 1 aromatic heterocycles. The number of benzene rings is 2. The lowest BCUT2D eigenvalue weighted by atomic mass is 10.1. The Morgan fingerprint density at radius 1 is 1.09 bits per heavy atom. The van der Waals surface area contributed by atoms with Crippen LogP contribution in [0.3, 0.4) is 0 Å². The maximum absolute atomic E-state index is 13.8. The lowest BCUT2D eigenvalue weighted by Gasteiger charge is -2.14. The molecule has 1 N–H and O–H groups in total. The summed E-state index contributed by atoms with van der Waals surface area (Å²) in [7, 11) is 2.59. The Morgan fingerprint density at radius 2 is 1.81 bits per heavy atom. The van der Waals surface area contributed by atoms with Crippen LogP contribution in [0.4, 0.5) is 13.2 Å². The Hall–Kier alpha value is -3.82. The number of amides is 1. The van der Waals surface area contributed by atoms with Gasteiger partial charge in [0.05, 0.1) is 31.7 Å². The quantitative estimate of drug-likeness (QED) is 0.579. The van der Waals surface area contributed by atoms with Gasteiger partial charge in [0.15, 0.2) is 5.69 Å². The molecule has 0 saturated carbocycles. The highest BCUT2D eigenvalue weighted by molar-refractivity contribution is 5.95. The van der Waals surface area contributed by atoms with Crippen LogP contribution in [0.5, 0.6) is 5.75 Å². The molecule has 0 spiro atoms. The van der Waals surface area contributed by atoms with E-state index < -0.39 is 29.3 Å². The van der Waals surface area contributed by atoms with E-state index in [4.69, 9.17) is 9.47 Å². The summed E-state index contributed by atoms with van der Waals surface area (Å²) >= 11 is 0. The first-order valence-corrected chi connectivity index (χ1v) is 9.42. The molecule has 0 unspecified atom stereocenters. The molecule has 0 atom stereocenters. The molecule has 2 aromatic carbocycles. The van der Waals surface area contributed by atoms with Gasteiger partial charge in [-0.25, -0.2) is 9.48 Å². The Kier molecular flexibility index (Phi) is 6.52. The molecule has 3 rings (SSSR count). The number of esters is 1. The minimum absolute atomic E-state index is 0.125. The lowest BCUT2D eigenvalue weighted by molar-refractivity contribution is -0.143. The van der Waals surface area contributed by atoms with Crippen molar-refractivity contribution in [3.8, 4) is 11.4 Å². The number of halogens is 3. The highest BCUT2D eigenvalue weighted by Gasteiger charge is 2.40. The van der Waals surface area contributed by atoms with E-state index >= 15 is 0 Å². The van der Waals surface area contributed by atoms with Crippen molar-refractivity contribution < 1.29 is 32.2 Å². The topological polar surface area (TPSA) is 82.5 Å². The second-order valence-corrected chi connectivity index (χ2v) is 6.81. The molecular weight excluding hydrogens is 427 g/mol. The zero-order chi connectivity index (χ0) is 23.5. The minimum atomic E-state index is -4.82. The van der Waals surface area contributed by atoms with Crippen molar-refractivity contribution >= 4 is 11.9 Å². The molecule has 0 fully saturated rings. The summed E-state index contributed by atoms with van der Waals surface area (Å²) in [6, 6.07) is 10.9. The van der Waals surface area contributed by atoms with Crippen LogP contribution in [0.25, 0.3) is 5.69 Å². The Balaban J connectivity index is 1.89. The molecule has 0 saturated heterocycles. The van der Waals surface area contributed by atoms with E-state index in [-0.39, 0.29) is 23.5 Å². The van der Waals surface area contributed by atoms with Crippen LogP contribution in [0.2, 0.25) is 0 Å². The number of ether oxygens (including phenoxy) is 2. The van der Waals surface area contributed by atoms with Gasteiger partial charge in [0, 0.05) is 6.54 Å². The number of nitrogens with one attached hydrogen (secondary N) is 1. The van der Waals surface area contributed by atoms with Crippen molar-refractivity contribution in [2.45, 2.75) is 19.6 Å². The fourth-order valence-electron chi connectivity index (χ4n) is 3.18. The number of aromatic nitrogens is 2. The van der Waals surface area contributed by atoms with Crippen LogP contribution >= 0.6 is 0 Å². The Labute approximate surface area is 181 Å². The summed E-state index contributed by atoms with van der Waals surface area (Å²) in [5.74, 6) is -1.33. The number of aryl methyl sites for hydroxylation is 1. The van der Waals surface area contributed by atoms with Gasteiger partial charge in [-0.3, -0.25) is 4.79 Å². The average Bonchev–Trinajstić information content (AvgIpc) is 3.22. The van der Waals surface area contributed by atoms with Gasteiger partial charge in [-0.05, 0) is 36.2 Å². The van der Waals surface area contributed by atoms with Crippen molar-refractivity contribution in [2.24, 2.45) is 0 Å². The van der Waals surface area contributed by atoms with Gasteiger partial charge in [-0.15, -0.1) is 0 Å². The van der Waals surface area contributed by atoms with Crippen LogP contribution in [0.15, 0.2) is 48.7 Å². The number of alkyl halides is 3. The van der Waals surface area contributed by atoms with Gasteiger partial charge in [-0.2, -0.15) is 18.3 Å². The highest BCUT2D eigenvalue weighted by atomic mass is 19.4. The van der Waals surface area contributed by atoms with Crippen LogP contribution in [-0.2, 0) is 17.5 Å². The largest absolute Gasteiger partial charge is 0.496 e. The summed E-state index contributed by atoms with van der Waals surface area (Å²) < 4.78 is 52.0. The van der Waals surface area contributed by atoms with Crippen molar-refractivity contribution in [1.29, 1.82) is 0 Å². The summed E-state index contributed by atoms with van der Waals surface area (Å²) in [4.78, 5) is 24.5. The first-order chi connectivity index (χ1) is 15.2. The number of methoxy groups -OCH3 is 2. The number of para-hydroxylation sites is 1. The third kappa shape index (κ3) is 4.58. The molecule has 32 heavy (non-hydrogen) atoms. The van der Waals surface area contributed by atoms with Gasteiger partial charge in [0.2, 0.25) is 0 Å². The van der Waals surface area contributed by atoms with E-state index in [0.717, 1.165) is 6.20 Å². The number of nitrogens with zero attached hydrogens (tertiary/aromatic N) is 2. The normalized spacial score (nSPS) is 11.2. The Morgan fingerprint density at radius 3 is 2.44 bits per heavy atom. The van der Waals surface area contributed by atoms with Crippen LogP contribution < -0.4 is 10.1 Å². The first-order valence-electron chi connectivity index (χ1n) is 9.42.